The van der Waals surface area contributed by atoms with E-state index in [2.05, 4.69) is 15.5 Å². The zero-order chi connectivity index (χ0) is 12.3. The number of rotatable bonds is 5. The first-order chi connectivity index (χ1) is 7.40. The topological polar surface area (TPSA) is 100 Å². The zero-order valence-corrected chi connectivity index (χ0v) is 10.1. The lowest BCUT2D eigenvalue weighted by Gasteiger charge is -2.22. The van der Waals surface area contributed by atoms with Crippen molar-refractivity contribution >= 4 is 17.7 Å². The number of H-pyrrole nitrogens is 1. The highest BCUT2D eigenvalue weighted by Gasteiger charge is 2.31. The number of aromatic nitrogens is 3. The van der Waals surface area contributed by atoms with Gasteiger partial charge in [0.15, 0.2) is 5.16 Å². The molecule has 1 rings (SSSR count). The molecule has 0 spiro atoms. The number of hydrogen-bond donors (Lipinski definition) is 3. The third kappa shape index (κ3) is 2.45. The van der Waals surface area contributed by atoms with Gasteiger partial charge in [0, 0.05) is 12.8 Å². The number of nitrogens with zero attached hydrogens (tertiary/aromatic N) is 2. The minimum Gasteiger partial charge on any atom is -0.480 e. The highest BCUT2D eigenvalue weighted by Crippen LogP contribution is 2.19. The van der Waals surface area contributed by atoms with Gasteiger partial charge in [-0.3, -0.25) is 9.36 Å². The molecule has 0 aliphatic carbocycles. The number of likely N-dealkylation sites (N-methyl/N-ethyl adjacent to an activating group) is 1. The van der Waals surface area contributed by atoms with Gasteiger partial charge in [-0.25, -0.2) is 9.89 Å². The summed E-state index contributed by atoms with van der Waals surface area (Å²) in [7, 11) is 3.16. The number of carboxylic acid groups (broad SMARTS) is 1. The molecule has 0 aliphatic heterocycles. The Balaban J connectivity index is 2.74. The minimum absolute atomic E-state index is 0.275. The number of hydrogen-bond acceptors (Lipinski definition) is 5. The Labute approximate surface area is 96.2 Å². The van der Waals surface area contributed by atoms with Crippen molar-refractivity contribution < 1.29 is 9.90 Å². The molecule has 7 nitrogen and oxygen atoms in total. The lowest BCUT2D eigenvalue weighted by molar-refractivity contribution is -0.142. The molecule has 0 saturated heterocycles. The van der Waals surface area contributed by atoms with Gasteiger partial charge in [0.05, 0.1) is 0 Å². The Bertz CT molecular complexity index is 441. The second-order valence-corrected chi connectivity index (χ2v) is 4.49. The van der Waals surface area contributed by atoms with Crippen molar-refractivity contribution in [3.63, 3.8) is 0 Å². The molecule has 0 aliphatic rings. The van der Waals surface area contributed by atoms with Crippen LogP contribution in [0.4, 0.5) is 0 Å². The van der Waals surface area contributed by atoms with E-state index in [-0.39, 0.29) is 11.4 Å². The van der Waals surface area contributed by atoms with Gasteiger partial charge >= 0.3 is 11.7 Å². The Hall–Kier alpha value is -1.28. The van der Waals surface area contributed by atoms with E-state index in [1.807, 2.05) is 0 Å². The van der Waals surface area contributed by atoms with Gasteiger partial charge in [-0.2, -0.15) is 0 Å². The summed E-state index contributed by atoms with van der Waals surface area (Å²) in [5.41, 5.74) is -1.36. The molecule has 0 radical (unpaired) electrons. The van der Waals surface area contributed by atoms with Crippen molar-refractivity contribution in [3.8, 4) is 0 Å². The van der Waals surface area contributed by atoms with Crippen molar-refractivity contribution in [1.29, 1.82) is 0 Å². The highest BCUT2D eigenvalue weighted by molar-refractivity contribution is 7.99. The third-order valence-electron chi connectivity index (χ3n) is 2.35. The summed E-state index contributed by atoms with van der Waals surface area (Å²) in [5, 5.41) is 18.3. The van der Waals surface area contributed by atoms with Crippen LogP contribution in [0.25, 0.3) is 0 Å². The van der Waals surface area contributed by atoms with Gasteiger partial charge in [-0.1, -0.05) is 11.8 Å². The van der Waals surface area contributed by atoms with Crippen LogP contribution in [0, 0.1) is 0 Å². The Morgan fingerprint density at radius 2 is 2.38 bits per heavy atom. The van der Waals surface area contributed by atoms with Gasteiger partial charge in [0.2, 0.25) is 0 Å². The van der Waals surface area contributed by atoms with E-state index in [1.54, 1.807) is 21.0 Å². The Kier molecular flexibility index (Phi) is 3.76. The molecule has 1 aromatic rings. The first-order valence-electron chi connectivity index (χ1n) is 4.57. The van der Waals surface area contributed by atoms with E-state index in [0.717, 1.165) is 0 Å². The Morgan fingerprint density at radius 1 is 1.75 bits per heavy atom. The number of nitrogens with one attached hydrogen (secondary N) is 2. The van der Waals surface area contributed by atoms with Crippen molar-refractivity contribution in [1.82, 2.24) is 20.1 Å². The van der Waals surface area contributed by atoms with Crippen LogP contribution < -0.4 is 11.0 Å². The van der Waals surface area contributed by atoms with Gasteiger partial charge < -0.3 is 10.4 Å². The predicted molar refractivity (Wildman–Crippen MR) is 59.7 cm³/mol. The molecule has 0 fully saturated rings. The van der Waals surface area contributed by atoms with Crippen molar-refractivity contribution in [2.45, 2.75) is 17.6 Å². The molecule has 16 heavy (non-hydrogen) atoms. The zero-order valence-electron chi connectivity index (χ0n) is 9.27. The van der Waals surface area contributed by atoms with E-state index in [0.29, 0.717) is 5.16 Å². The minimum atomic E-state index is -1.04. The van der Waals surface area contributed by atoms with Crippen LogP contribution in [0.15, 0.2) is 9.95 Å². The van der Waals surface area contributed by atoms with Crippen molar-refractivity contribution in [3.05, 3.63) is 10.5 Å². The molecule has 0 amide bonds. The number of carbonyl (C=O) groups is 1. The van der Waals surface area contributed by atoms with Crippen LogP contribution in [0.2, 0.25) is 0 Å². The second kappa shape index (κ2) is 4.71. The fourth-order valence-corrected chi connectivity index (χ4v) is 1.98. The van der Waals surface area contributed by atoms with Gasteiger partial charge in [0.1, 0.15) is 5.54 Å². The van der Waals surface area contributed by atoms with Crippen LogP contribution in [0.3, 0.4) is 0 Å². The van der Waals surface area contributed by atoms with Crippen LogP contribution in [0.1, 0.15) is 6.92 Å². The molecule has 90 valence electrons. The molecule has 1 unspecified atom stereocenters. The quantitative estimate of drug-likeness (QED) is 0.592. The molecule has 0 aromatic carbocycles. The highest BCUT2D eigenvalue weighted by atomic mass is 32.2. The summed E-state index contributed by atoms with van der Waals surface area (Å²) in [6, 6.07) is 0. The molecule has 0 bridgehead atoms. The molecule has 0 saturated carbocycles. The maximum absolute atomic E-state index is 11.1. The number of thioether (sulfide) groups is 1. The summed E-state index contributed by atoms with van der Waals surface area (Å²) in [6.07, 6.45) is 0. The molecule has 1 atom stereocenters. The van der Waals surface area contributed by atoms with Gasteiger partial charge in [-0.05, 0) is 14.0 Å². The lowest BCUT2D eigenvalue weighted by atomic mass is 10.1. The molecule has 3 N–H and O–H groups in total. The largest absolute Gasteiger partial charge is 0.480 e. The normalized spacial score (nSPS) is 14.7. The molecular formula is C8H14N4O3S. The van der Waals surface area contributed by atoms with Crippen LogP contribution in [-0.4, -0.2) is 44.2 Å². The second-order valence-electron chi connectivity index (χ2n) is 3.55. The SMILES string of the molecule is CNC(C)(CSc1n[nH]c(=O)n1C)C(=O)O. The molecule has 8 heteroatoms. The fraction of sp³-hybridized carbons (Fsp3) is 0.625. The third-order valence-corrected chi connectivity index (χ3v) is 3.70. The van der Waals surface area contributed by atoms with Crippen molar-refractivity contribution in [2.75, 3.05) is 12.8 Å². The number of carboxylic acids is 1. The van der Waals surface area contributed by atoms with E-state index >= 15 is 0 Å². The maximum atomic E-state index is 11.1. The maximum Gasteiger partial charge on any atom is 0.343 e. The first kappa shape index (κ1) is 12.8. The molecule has 1 aromatic heterocycles. The van der Waals surface area contributed by atoms with E-state index in [9.17, 15) is 9.59 Å². The monoisotopic (exact) mass is 246 g/mol. The van der Waals surface area contributed by atoms with E-state index < -0.39 is 11.5 Å². The van der Waals surface area contributed by atoms with Gasteiger partial charge in [0.25, 0.3) is 0 Å². The molecular weight excluding hydrogens is 232 g/mol. The summed E-state index contributed by atoms with van der Waals surface area (Å²) in [6.45, 7) is 1.58. The summed E-state index contributed by atoms with van der Waals surface area (Å²) < 4.78 is 1.34. The van der Waals surface area contributed by atoms with Gasteiger partial charge in [-0.15, -0.1) is 5.10 Å². The van der Waals surface area contributed by atoms with Crippen LogP contribution in [0.5, 0.6) is 0 Å². The number of aromatic amines is 1. The summed E-state index contributed by atoms with van der Waals surface area (Å²) in [4.78, 5) is 22.1. The van der Waals surface area contributed by atoms with Crippen LogP contribution in [-0.2, 0) is 11.8 Å². The predicted octanol–water partition coefficient (Wildman–Crippen LogP) is -0.737. The number of aliphatic carboxylic acids is 1. The first-order valence-corrected chi connectivity index (χ1v) is 5.56. The lowest BCUT2D eigenvalue weighted by Crippen LogP contribution is -2.49. The van der Waals surface area contributed by atoms with Crippen molar-refractivity contribution in [2.24, 2.45) is 7.05 Å². The Morgan fingerprint density at radius 3 is 2.75 bits per heavy atom. The van der Waals surface area contributed by atoms with Crippen LogP contribution >= 0.6 is 11.8 Å². The van der Waals surface area contributed by atoms with E-state index in [1.165, 1.54) is 16.3 Å². The standard InChI is InChI=1S/C8H14N4O3S/c1-8(9-2,5(13)14)4-16-7-11-10-6(15)12(7)3/h9H,4H2,1-3H3,(H,10,15)(H,13,14). The smallest absolute Gasteiger partial charge is 0.343 e. The summed E-state index contributed by atoms with van der Waals surface area (Å²) >= 11 is 1.20. The van der Waals surface area contributed by atoms with E-state index in [4.69, 9.17) is 5.11 Å². The average Bonchev–Trinajstić information content (AvgIpc) is 2.56. The fourth-order valence-electron chi connectivity index (χ4n) is 0.911. The molecule has 1 heterocycles. The summed E-state index contributed by atoms with van der Waals surface area (Å²) in [5.74, 6) is -0.667. The average molecular weight is 246 g/mol.